The van der Waals surface area contributed by atoms with E-state index in [2.05, 4.69) is 36.5 Å². The van der Waals surface area contributed by atoms with Gasteiger partial charge in [-0.2, -0.15) is 0 Å². The summed E-state index contributed by atoms with van der Waals surface area (Å²) in [6, 6.07) is 17.5. The number of carbonyl (C=O) groups excluding carboxylic acids is 1. The molecule has 4 rings (SSSR count). The summed E-state index contributed by atoms with van der Waals surface area (Å²) in [5.74, 6) is 1.05. The zero-order valence-electron chi connectivity index (χ0n) is 17.6. The third kappa shape index (κ3) is 4.62. The maximum Gasteiger partial charge on any atom is 0.244 e. The number of thiazole rings is 1. The summed E-state index contributed by atoms with van der Waals surface area (Å²) < 4.78 is 12.5. The van der Waals surface area contributed by atoms with E-state index in [0.717, 1.165) is 22.0 Å². The summed E-state index contributed by atoms with van der Waals surface area (Å²) in [6.07, 6.45) is 1.88. The quantitative estimate of drug-likeness (QED) is 0.433. The predicted octanol–water partition coefficient (Wildman–Crippen LogP) is 5.24. The minimum Gasteiger partial charge on any atom is -0.497 e. The van der Waals surface area contributed by atoms with Crippen LogP contribution in [0.3, 0.4) is 0 Å². The van der Waals surface area contributed by atoms with Crippen LogP contribution in [0.25, 0.3) is 22.0 Å². The molecular formula is C24H23N3O3S. The van der Waals surface area contributed by atoms with Crippen molar-refractivity contribution in [2.75, 3.05) is 19.5 Å². The lowest BCUT2D eigenvalue weighted by molar-refractivity contribution is -0.116. The van der Waals surface area contributed by atoms with Crippen molar-refractivity contribution in [2.45, 2.75) is 13.5 Å². The average Bonchev–Trinajstić information content (AvgIpc) is 3.44. The Morgan fingerprint density at radius 3 is 2.65 bits per heavy atom. The Bertz CT molecular complexity index is 1200. The molecule has 2 aromatic carbocycles. The first kappa shape index (κ1) is 20.7. The molecule has 0 atom stereocenters. The topological polar surface area (TPSA) is 65.4 Å². The van der Waals surface area contributed by atoms with Crippen molar-refractivity contribution < 1.29 is 14.3 Å². The number of aryl methyl sites for hydroxylation is 1. The molecule has 0 fully saturated rings. The van der Waals surface area contributed by atoms with Crippen LogP contribution in [0, 0.1) is 6.92 Å². The lowest BCUT2D eigenvalue weighted by atomic mass is 10.1. The van der Waals surface area contributed by atoms with Crippen LogP contribution in [0.2, 0.25) is 0 Å². The Labute approximate surface area is 185 Å². The number of anilines is 1. The van der Waals surface area contributed by atoms with Crippen LogP contribution < -0.4 is 14.8 Å². The summed E-state index contributed by atoms with van der Waals surface area (Å²) >= 11 is 1.56. The van der Waals surface area contributed by atoms with Crippen molar-refractivity contribution in [3.05, 3.63) is 71.7 Å². The SMILES string of the molecule is COc1ccc(NC(=O)Cn2cccc2-c2nc(-c3ccc(C)cc3)cs2)c(OC)c1. The summed E-state index contributed by atoms with van der Waals surface area (Å²) in [6.45, 7) is 2.23. The largest absolute Gasteiger partial charge is 0.497 e. The standard InChI is InChI=1S/C24H23N3O3S/c1-16-6-8-17(9-7-16)20-15-31-24(26-20)21-5-4-12-27(21)14-23(28)25-19-11-10-18(29-2)13-22(19)30-3/h4-13,15H,14H2,1-3H3,(H,25,28). The first-order valence-electron chi connectivity index (χ1n) is 9.77. The molecule has 0 bridgehead atoms. The normalized spacial score (nSPS) is 10.7. The first-order chi connectivity index (χ1) is 15.1. The fourth-order valence-electron chi connectivity index (χ4n) is 3.24. The second kappa shape index (κ2) is 9.06. The number of hydrogen-bond donors (Lipinski definition) is 1. The molecule has 0 aliphatic heterocycles. The van der Waals surface area contributed by atoms with Gasteiger partial charge in [-0.05, 0) is 31.2 Å². The van der Waals surface area contributed by atoms with Crippen molar-refractivity contribution >= 4 is 22.9 Å². The van der Waals surface area contributed by atoms with Gasteiger partial charge in [0, 0.05) is 23.2 Å². The van der Waals surface area contributed by atoms with E-state index in [1.54, 1.807) is 43.8 Å². The zero-order chi connectivity index (χ0) is 21.8. The van der Waals surface area contributed by atoms with Crippen LogP contribution in [0.1, 0.15) is 5.56 Å². The number of nitrogens with one attached hydrogen (secondary N) is 1. The number of aromatic nitrogens is 2. The molecule has 0 saturated heterocycles. The van der Waals surface area contributed by atoms with E-state index < -0.39 is 0 Å². The van der Waals surface area contributed by atoms with Crippen LogP contribution in [0.15, 0.2) is 66.2 Å². The number of hydrogen-bond acceptors (Lipinski definition) is 5. The van der Waals surface area contributed by atoms with E-state index in [-0.39, 0.29) is 12.5 Å². The Balaban J connectivity index is 1.50. The molecule has 2 aromatic heterocycles. The second-order valence-electron chi connectivity index (χ2n) is 7.04. The fourth-order valence-corrected chi connectivity index (χ4v) is 4.11. The van der Waals surface area contributed by atoms with Crippen LogP contribution >= 0.6 is 11.3 Å². The molecule has 1 N–H and O–H groups in total. The van der Waals surface area contributed by atoms with Crippen molar-refractivity contribution in [3.63, 3.8) is 0 Å². The highest BCUT2D eigenvalue weighted by molar-refractivity contribution is 7.13. The van der Waals surface area contributed by atoms with Gasteiger partial charge in [-0.25, -0.2) is 4.98 Å². The molecule has 0 aliphatic rings. The molecule has 31 heavy (non-hydrogen) atoms. The Morgan fingerprint density at radius 2 is 1.90 bits per heavy atom. The van der Waals surface area contributed by atoms with Crippen molar-refractivity contribution in [1.82, 2.24) is 9.55 Å². The minimum absolute atomic E-state index is 0.156. The van der Waals surface area contributed by atoms with E-state index in [9.17, 15) is 4.79 Å². The molecule has 4 aromatic rings. The molecular weight excluding hydrogens is 410 g/mol. The van der Waals surface area contributed by atoms with Gasteiger partial charge in [0.05, 0.1) is 31.3 Å². The van der Waals surface area contributed by atoms with Gasteiger partial charge in [0.2, 0.25) is 5.91 Å². The second-order valence-corrected chi connectivity index (χ2v) is 7.90. The molecule has 0 radical (unpaired) electrons. The first-order valence-corrected chi connectivity index (χ1v) is 10.7. The van der Waals surface area contributed by atoms with Crippen LogP contribution in [0.4, 0.5) is 5.69 Å². The monoisotopic (exact) mass is 433 g/mol. The number of rotatable bonds is 7. The highest BCUT2D eigenvalue weighted by Gasteiger charge is 2.14. The molecule has 7 heteroatoms. The van der Waals surface area contributed by atoms with E-state index in [4.69, 9.17) is 14.5 Å². The molecule has 0 aliphatic carbocycles. The Morgan fingerprint density at radius 1 is 1.10 bits per heavy atom. The minimum atomic E-state index is -0.156. The third-order valence-corrected chi connectivity index (χ3v) is 5.76. The molecule has 0 saturated carbocycles. The van der Waals surface area contributed by atoms with Gasteiger partial charge >= 0.3 is 0 Å². The van der Waals surface area contributed by atoms with Crippen LogP contribution in [-0.2, 0) is 11.3 Å². The maximum absolute atomic E-state index is 12.7. The van der Waals surface area contributed by atoms with Gasteiger partial charge < -0.3 is 19.4 Å². The van der Waals surface area contributed by atoms with Crippen LogP contribution in [-0.4, -0.2) is 29.7 Å². The van der Waals surface area contributed by atoms with Gasteiger partial charge in [0.15, 0.2) is 0 Å². The van der Waals surface area contributed by atoms with E-state index in [1.165, 1.54) is 5.56 Å². The number of carbonyl (C=O) groups is 1. The van der Waals surface area contributed by atoms with Crippen molar-refractivity contribution in [2.24, 2.45) is 0 Å². The number of amides is 1. The van der Waals surface area contributed by atoms with E-state index >= 15 is 0 Å². The molecule has 0 unspecified atom stereocenters. The van der Waals surface area contributed by atoms with Gasteiger partial charge in [-0.1, -0.05) is 29.8 Å². The highest BCUT2D eigenvalue weighted by atomic mass is 32.1. The smallest absolute Gasteiger partial charge is 0.244 e. The van der Waals surface area contributed by atoms with Gasteiger partial charge in [-0.3, -0.25) is 4.79 Å². The lowest BCUT2D eigenvalue weighted by Gasteiger charge is -2.12. The molecule has 0 spiro atoms. The van der Waals surface area contributed by atoms with Gasteiger partial charge in [0.25, 0.3) is 0 Å². The summed E-state index contributed by atoms with van der Waals surface area (Å²) in [4.78, 5) is 17.5. The number of methoxy groups -OCH3 is 2. The van der Waals surface area contributed by atoms with Gasteiger partial charge in [0.1, 0.15) is 23.1 Å². The van der Waals surface area contributed by atoms with E-state index in [1.807, 2.05) is 28.3 Å². The molecule has 2 heterocycles. The lowest BCUT2D eigenvalue weighted by Crippen LogP contribution is -2.19. The highest BCUT2D eigenvalue weighted by Crippen LogP contribution is 2.31. The van der Waals surface area contributed by atoms with Gasteiger partial charge in [-0.15, -0.1) is 11.3 Å². The van der Waals surface area contributed by atoms with Crippen molar-refractivity contribution in [1.29, 1.82) is 0 Å². The third-order valence-electron chi connectivity index (χ3n) is 4.90. The predicted molar refractivity (Wildman–Crippen MR) is 124 cm³/mol. The fraction of sp³-hybridized carbons (Fsp3) is 0.167. The summed E-state index contributed by atoms with van der Waals surface area (Å²) in [5.41, 5.74) is 4.72. The molecule has 1 amide bonds. The Hall–Kier alpha value is -3.58. The number of nitrogens with zero attached hydrogens (tertiary/aromatic N) is 2. The summed E-state index contributed by atoms with van der Waals surface area (Å²) in [7, 11) is 3.14. The Kier molecular flexibility index (Phi) is 6.04. The van der Waals surface area contributed by atoms with Crippen LogP contribution in [0.5, 0.6) is 11.5 Å². The maximum atomic E-state index is 12.7. The summed E-state index contributed by atoms with van der Waals surface area (Å²) in [5, 5.41) is 5.82. The molecule has 158 valence electrons. The number of benzene rings is 2. The van der Waals surface area contributed by atoms with E-state index in [0.29, 0.717) is 17.2 Å². The van der Waals surface area contributed by atoms with Crippen molar-refractivity contribution in [3.8, 4) is 33.5 Å². The zero-order valence-corrected chi connectivity index (χ0v) is 18.4. The number of ether oxygens (including phenoxy) is 2. The average molecular weight is 434 g/mol. The molecule has 6 nitrogen and oxygen atoms in total.